The molecule has 20 heavy (non-hydrogen) atoms. The largest absolute Gasteiger partial charge is 0.352 e. The van der Waals surface area contributed by atoms with Crippen LogP contribution in [0.2, 0.25) is 5.02 Å². The Morgan fingerprint density at radius 2 is 1.95 bits per heavy atom. The van der Waals surface area contributed by atoms with Crippen molar-refractivity contribution >= 4 is 37.2 Å². The van der Waals surface area contributed by atoms with E-state index >= 15 is 0 Å². The normalized spacial score (nSPS) is 11.7. The van der Waals surface area contributed by atoms with Crippen molar-refractivity contribution < 1.29 is 13.2 Å². The molecule has 112 valence electrons. The maximum Gasteiger partial charge on any atom is 0.262 e. The number of halogens is 2. The van der Waals surface area contributed by atoms with Crippen LogP contribution in [0.1, 0.15) is 36.2 Å². The lowest BCUT2D eigenvalue weighted by atomic mass is 10.1. The third-order valence-electron chi connectivity index (χ3n) is 2.75. The number of carbonyl (C=O) groups excluding carboxylic acids is 1. The summed E-state index contributed by atoms with van der Waals surface area (Å²) < 4.78 is 22.9. The number of amides is 1. The van der Waals surface area contributed by atoms with Gasteiger partial charge in [-0.25, -0.2) is 8.42 Å². The van der Waals surface area contributed by atoms with Crippen molar-refractivity contribution in [1.82, 2.24) is 5.32 Å². The summed E-state index contributed by atoms with van der Waals surface area (Å²) >= 11 is 5.91. The number of aryl methyl sites for hydroxylation is 1. The van der Waals surface area contributed by atoms with E-state index in [1.807, 2.05) is 0 Å². The van der Waals surface area contributed by atoms with Crippen molar-refractivity contribution in [3.05, 3.63) is 28.3 Å². The van der Waals surface area contributed by atoms with E-state index in [1.165, 1.54) is 6.07 Å². The van der Waals surface area contributed by atoms with E-state index in [2.05, 4.69) is 19.2 Å². The first-order valence-electron chi connectivity index (χ1n) is 6.16. The lowest BCUT2D eigenvalue weighted by Crippen LogP contribution is -2.25. The smallest absolute Gasteiger partial charge is 0.262 e. The molecule has 0 spiro atoms. The van der Waals surface area contributed by atoms with Crippen LogP contribution in [0.3, 0.4) is 0 Å². The van der Waals surface area contributed by atoms with Crippen LogP contribution in [0, 0.1) is 12.8 Å². The highest BCUT2D eigenvalue weighted by molar-refractivity contribution is 8.13. The fraction of sp³-hybridized carbons (Fsp3) is 0.462. The topological polar surface area (TPSA) is 63.2 Å². The van der Waals surface area contributed by atoms with Crippen LogP contribution in [0.15, 0.2) is 17.0 Å². The number of carbonyl (C=O) groups is 1. The van der Waals surface area contributed by atoms with Crippen LogP contribution in [0.25, 0.3) is 0 Å². The second-order valence-corrected chi connectivity index (χ2v) is 7.89. The van der Waals surface area contributed by atoms with Crippen LogP contribution in [-0.4, -0.2) is 20.9 Å². The molecule has 0 saturated carbocycles. The molecule has 0 unspecified atom stereocenters. The molecule has 1 amide bonds. The molecule has 0 aliphatic rings. The predicted octanol–water partition coefficient (Wildman–Crippen LogP) is 3.35. The molecule has 0 heterocycles. The third-order valence-corrected chi connectivity index (χ3v) is 4.71. The molecule has 0 aliphatic heterocycles. The average molecular weight is 338 g/mol. The van der Waals surface area contributed by atoms with E-state index < -0.39 is 9.05 Å². The Hall–Kier alpha value is -0.780. The van der Waals surface area contributed by atoms with Gasteiger partial charge in [-0.05, 0) is 37.0 Å². The molecule has 1 aromatic carbocycles. The third kappa shape index (κ3) is 4.65. The molecule has 1 rings (SSSR count). The highest BCUT2D eigenvalue weighted by atomic mass is 35.7. The molecule has 0 bridgehead atoms. The Labute approximate surface area is 128 Å². The average Bonchev–Trinajstić information content (AvgIpc) is 2.30. The van der Waals surface area contributed by atoms with Crippen molar-refractivity contribution in [2.45, 2.75) is 32.1 Å². The number of nitrogens with one attached hydrogen (secondary N) is 1. The number of rotatable bonds is 5. The number of hydrogen-bond donors (Lipinski definition) is 1. The molecule has 4 nitrogen and oxygen atoms in total. The Balaban J connectivity index is 3.03. The Morgan fingerprint density at radius 3 is 2.45 bits per heavy atom. The lowest BCUT2D eigenvalue weighted by molar-refractivity contribution is 0.0951. The summed E-state index contributed by atoms with van der Waals surface area (Å²) in [6, 6.07) is 2.74. The van der Waals surface area contributed by atoms with Crippen molar-refractivity contribution in [3.63, 3.8) is 0 Å². The van der Waals surface area contributed by atoms with Gasteiger partial charge in [-0.15, -0.1) is 0 Å². The minimum atomic E-state index is -3.99. The molecule has 0 saturated heterocycles. The first-order chi connectivity index (χ1) is 9.12. The Morgan fingerprint density at radius 1 is 1.35 bits per heavy atom. The molecule has 0 atom stereocenters. The van der Waals surface area contributed by atoms with Gasteiger partial charge in [0, 0.05) is 22.8 Å². The predicted molar refractivity (Wildman–Crippen MR) is 81.0 cm³/mol. The van der Waals surface area contributed by atoms with Gasteiger partial charge in [-0.2, -0.15) is 0 Å². The summed E-state index contributed by atoms with van der Waals surface area (Å²) in [6.45, 7) is 6.26. The Kier molecular flexibility index (Phi) is 5.86. The van der Waals surface area contributed by atoms with Gasteiger partial charge in [0.15, 0.2) is 0 Å². The van der Waals surface area contributed by atoms with Crippen LogP contribution >= 0.6 is 22.3 Å². The van der Waals surface area contributed by atoms with Gasteiger partial charge in [0.25, 0.3) is 15.0 Å². The van der Waals surface area contributed by atoms with Crippen LogP contribution < -0.4 is 5.32 Å². The maximum atomic E-state index is 12.0. The lowest BCUT2D eigenvalue weighted by Gasteiger charge is -2.10. The summed E-state index contributed by atoms with van der Waals surface area (Å²) in [5.41, 5.74) is 0.720. The Bertz CT molecular complexity index is 612. The standard InChI is InChI=1S/C13H17Cl2NO3S/c1-8(2)4-5-16-13(17)10-6-9(3)12(14)11(7-10)20(15,18)19/h6-8H,4-5H2,1-3H3,(H,16,17). The number of hydrogen-bond acceptors (Lipinski definition) is 3. The second-order valence-electron chi connectivity index (χ2n) is 4.98. The maximum absolute atomic E-state index is 12.0. The van der Waals surface area contributed by atoms with Crippen LogP contribution in [0.5, 0.6) is 0 Å². The zero-order chi connectivity index (χ0) is 15.5. The monoisotopic (exact) mass is 337 g/mol. The summed E-state index contributed by atoms with van der Waals surface area (Å²) in [7, 11) is 1.33. The van der Waals surface area contributed by atoms with Crippen molar-refractivity contribution in [1.29, 1.82) is 0 Å². The van der Waals surface area contributed by atoms with Gasteiger partial charge in [-0.1, -0.05) is 25.4 Å². The molecule has 7 heteroatoms. The minimum absolute atomic E-state index is 0.0405. The minimum Gasteiger partial charge on any atom is -0.352 e. The van der Waals surface area contributed by atoms with Crippen molar-refractivity contribution in [2.75, 3.05) is 6.54 Å². The van der Waals surface area contributed by atoms with Gasteiger partial charge < -0.3 is 5.32 Å². The van der Waals surface area contributed by atoms with E-state index in [1.54, 1.807) is 13.0 Å². The molecular weight excluding hydrogens is 321 g/mol. The first-order valence-corrected chi connectivity index (χ1v) is 8.84. The molecule has 1 N–H and O–H groups in total. The quantitative estimate of drug-likeness (QED) is 0.838. The van der Waals surface area contributed by atoms with E-state index in [9.17, 15) is 13.2 Å². The molecule has 0 radical (unpaired) electrons. The fourth-order valence-electron chi connectivity index (χ4n) is 1.62. The highest BCUT2D eigenvalue weighted by Crippen LogP contribution is 2.29. The molecular formula is C13H17Cl2NO3S. The van der Waals surface area contributed by atoms with Crippen LogP contribution in [-0.2, 0) is 9.05 Å². The zero-order valence-corrected chi connectivity index (χ0v) is 13.9. The first kappa shape index (κ1) is 17.3. The SMILES string of the molecule is Cc1cc(C(=O)NCCC(C)C)cc(S(=O)(=O)Cl)c1Cl. The summed E-state index contributed by atoms with van der Waals surface area (Å²) in [5.74, 6) is 0.132. The zero-order valence-electron chi connectivity index (χ0n) is 11.5. The van der Waals surface area contributed by atoms with Crippen LogP contribution in [0.4, 0.5) is 0 Å². The fourth-order valence-corrected chi connectivity index (χ4v) is 3.16. The van der Waals surface area contributed by atoms with Crippen molar-refractivity contribution in [2.24, 2.45) is 5.92 Å². The summed E-state index contributed by atoms with van der Waals surface area (Å²) in [4.78, 5) is 11.7. The summed E-state index contributed by atoms with van der Waals surface area (Å²) in [5, 5.41) is 2.78. The van der Waals surface area contributed by atoms with Gasteiger partial charge in [0.2, 0.25) is 0 Å². The van der Waals surface area contributed by atoms with Gasteiger partial charge in [0.05, 0.1) is 5.02 Å². The van der Waals surface area contributed by atoms with E-state index in [0.717, 1.165) is 6.42 Å². The molecule has 0 fully saturated rings. The second kappa shape index (κ2) is 6.78. The number of benzene rings is 1. The van der Waals surface area contributed by atoms with E-state index in [-0.39, 0.29) is 21.4 Å². The summed E-state index contributed by atoms with van der Waals surface area (Å²) in [6.07, 6.45) is 0.846. The molecule has 0 aromatic heterocycles. The highest BCUT2D eigenvalue weighted by Gasteiger charge is 2.19. The van der Waals surface area contributed by atoms with Gasteiger partial charge >= 0.3 is 0 Å². The van der Waals surface area contributed by atoms with Gasteiger partial charge in [0.1, 0.15) is 4.90 Å². The molecule has 0 aliphatic carbocycles. The molecule has 1 aromatic rings. The van der Waals surface area contributed by atoms with E-state index in [4.69, 9.17) is 22.3 Å². The van der Waals surface area contributed by atoms with E-state index in [0.29, 0.717) is 18.0 Å². The van der Waals surface area contributed by atoms with Crippen molar-refractivity contribution in [3.8, 4) is 0 Å². The van der Waals surface area contributed by atoms with Gasteiger partial charge in [-0.3, -0.25) is 4.79 Å².